The molecule has 0 radical (unpaired) electrons. The molecule has 1 aromatic heterocycles. The number of carbonyl (C=O) groups is 1. The van der Waals surface area contributed by atoms with E-state index in [4.69, 9.17) is 4.74 Å². The summed E-state index contributed by atoms with van der Waals surface area (Å²) in [4.78, 5) is 15.5. The van der Waals surface area contributed by atoms with Crippen LogP contribution < -0.4 is 0 Å². The van der Waals surface area contributed by atoms with Gasteiger partial charge in [-0.1, -0.05) is 0 Å². The number of nitrogens with zero attached hydrogens (tertiary/aromatic N) is 1. The Balaban J connectivity index is 2.13. The van der Waals surface area contributed by atoms with Crippen LogP contribution in [0.5, 0.6) is 0 Å². The van der Waals surface area contributed by atoms with E-state index in [2.05, 4.69) is 4.98 Å². The number of ether oxygens (including phenoxy) is 1. The third-order valence-corrected chi connectivity index (χ3v) is 3.16. The van der Waals surface area contributed by atoms with E-state index in [1.165, 1.54) is 23.5 Å². The van der Waals surface area contributed by atoms with Crippen molar-refractivity contribution in [2.75, 3.05) is 6.61 Å². The van der Waals surface area contributed by atoms with Gasteiger partial charge in [0.15, 0.2) is 5.69 Å². The lowest BCUT2D eigenvalue weighted by molar-refractivity contribution is 0.0520. The summed E-state index contributed by atoms with van der Waals surface area (Å²) in [6.45, 7) is 1.99. The van der Waals surface area contributed by atoms with Gasteiger partial charge in [-0.25, -0.2) is 18.6 Å². The van der Waals surface area contributed by atoms with Gasteiger partial charge >= 0.3 is 5.97 Å². The Morgan fingerprint density at radius 2 is 2.00 bits per heavy atom. The molecule has 0 spiro atoms. The fourth-order valence-electron chi connectivity index (χ4n) is 1.58. The van der Waals surface area contributed by atoms with Crippen LogP contribution >= 0.6 is 11.3 Å². The van der Waals surface area contributed by atoms with E-state index < -0.39 is 17.6 Å². The highest BCUT2D eigenvalue weighted by Gasteiger charge is 2.12. The Hall–Kier alpha value is -1.82. The van der Waals surface area contributed by atoms with Gasteiger partial charge in [-0.2, -0.15) is 0 Å². The summed E-state index contributed by atoms with van der Waals surface area (Å²) < 4.78 is 30.9. The molecule has 0 fully saturated rings. The van der Waals surface area contributed by atoms with Crippen LogP contribution in [0.15, 0.2) is 23.6 Å². The van der Waals surface area contributed by atoms with Crippen molar-refractivity contribution >= 4 is 17.3 Å². The molecule has 1 aromatic carbocycles. The van der Waals surface area contributed by atoms with Crippen LogP contribution in [0.25, 0.3) is 0 Å². The second-order valence-corrected chi connectivity index (χ2v) is 4.74. The van der Waals surface area contributed by atoms with Crippen molar-refractivity contribution < 1.29 is 18.3 Å². The highest BCUT2D eigenvalue weighted by Crippen LogP contribution is 2.17. The monoisotopic (exact) mass is 283 g/mol. The molecule has 0 aliphatic carbocycles. The first-order valence-corrected chi connectivity index (χ1v) is 6.53. The average molecular weight is 283 g/mol. The summed E-state index contributed by atoms with van der Waals surface area (Å²) in [5.41, 5.74) is 0.695. The maximum atomic E-state index is 13.0. The number of esters is 1. The molecule has 3 nitrogen and oxygen atoms in total. The summed E-state index contributed by atoms with van der Waals surface area (Å²) in [6.07, 6.45) is 0.277. The topological polar surface area (TPSA) is 39.2 Å². The van der Waals surface area contributed by atoms with Crippen LogP contribution in [0, 0.1) is 11.6 Å². The smallest absolute Gasteiger partial charge is 0.357 e. The zero-order valence-electron chi connectivity index (χ0n) is 10.2. The van der Waals surface area contributed by atoms with Gasteiger partial charge in [0.05, 0.1) is 11.6 Å². The van der Waals surface area contributed by atoms with E-state index in [9.17, 15) is 13.6 Å². The predicted octanol–water partition coefficient (Wildman–Crippen LogP) is 3.19. The van der Waals surface area contributed by atoms with Crippen molar-refractivity contribution in [3.8, 4) is 0 Å². The third kappa shape index (κ3) is 3.57. The van der Waals surface area contributed by atoms with Crippen LogP contribution in [0.1, 0.15) is 28.0 Å². The molecule has 0 N–H and O–H groups in total. The maximum absolute atomic E-state index is 13.0. The minimum absolute atomic E-state index is 0.221. The van der Waals surface area contributed by atoms with Crippen LogP contribution in [0.4, 0.5) is 8.78 Å². The molecule has 0 saturated carbocycles. The summed E-state index contributed by atoms with van der Waals surface area (Å²) >= 11 is 1.25. The molecular weight excluding hydrogens is 272 g/mol. The van der Waals surface area contributed by atoms with Gasteiger partial charge in [0, 0.05) is 17.9 Å². The Kier molecular flexibility index (Phi) is 4.21. The van der Waals surface area contributed by atoms with E-state index in [-0.39, 0.29) is 18.7 Å². The van der Waals surface area contributed by atoms with E-state index in [0.717, 1.165) is 6.07 Å². The second-order valence-electron chi connectivity index (χ2n) is 3.80. The number of hydrogen-bond acceptors (Lipinski definition) is 4. The highest BCUT2D eigenvalue weighted by molar-refractivity contribution is 7.09. The highest BCUT2D eigenvalue weighted by atomic mass is 32.1. The first-order chi connectivity index (χ1) is 9.08. The summed E-state index contributed by atoms with van der Waals surface area (Å²) in [6, 6.07) is 3.30. The Morgan fingerprint density at radius 3 is 2.63 bits per heavy atom. The van der Waals surface area contributed by atoms with Gasteiger partial charge < -0.3 is 4.74 Å². The van der Waals surface area contributed by atoms with Gasteiger partial charge in [-0.15, -0.1) is 11.3 Å². The molecule has 0 amide bonds. The van der Waals surface area contributed by atoms with Gasteiger partial charge in [0.25, 0.3) is 0 Å². The number of benzene rings is 1. The van der Waals surface area contributed by atoms with Gasteiger partial charge in [-0.3, -0.25) is 0 Å². The van der Waals surface area contributed by atoms with E-state index in [1.54, 1.807) is 12.3 Å². The van der Waals surface area contributed by atoms with Crippen LogP contribution in [0.2, 0.25) is 0 Å². The molecule has 100 valence electrons. The predicted molar refractivity (Wildman–Crippen MR) is 67.2 cm³/mol. The Morgan fingerprint density at radius 1 is 1.32 bits per heavy atom. The van der Waals surface area contributed by atoms with Crippen molar-refractivity contribution in [2.24, 2.45) is 0 Å². The third-order valence-electron chi connectivity index (χ3n) is 2.31. The first kappa shape index (κ1) is 13.6. The number of carbonyl (C=O) groups excluding carboxylic acids is 1. The molecule has 2 rings (SSSR count). The van der Waals surface area contributed by atoms with Crippen molar-refractivity contribution in [3.63, 3.8) is 0 Å². The minimum Gasteiger partial charge on any atom is -0.461 e. The van der Waals surface area contributed by atoms with Crippen LogP contribution in [-0.4, -0.2) is 17.6 Å². The van der Waals surface area contributed by atoms with E-state index in [0.29, 0.717) is 10.6 Å². The largest absolute Gasteiger partial charge is 0.461 e. The number of halogens is 2. The van der Waals surface area contributed by atoms with Gasteiger partial charge in [0.2, 0.25) is 0 Å². The molecule has 6 heteroatoms. The lowest BCUT2D eigenvalue weighted by atomic mass is 10.1. The molecular formula is C13H11F2NO2S. The SMILES string of the molecule is CCOC(=O)c1csc(Cc2cc(F)cc(F)c2)n1. The van der Waals surface area contributed by atoms with Crippen molar-refractivity contribution in [1.82, 2.24) is 4.98 Å². The van der Waals surface area contributed by atoms with Crippen LogP contribution in [0.3, 0.4) is 0 Å². The molecule has 0 aliphatic heterocycles. The Bertz CT molecular complexity index is 578. The maximum Gasteiger partial charge on any atom is 0.357 e. The zero-order valence-corrected chi connectivity index (χ0v) is 11.0. The molecule has 0 atom stereocenters. The second kappa shape index (κ2) is 5.88. The fourth-order valence-corrected chi connectivity index (χ4v) is 2.38. The van der Waals surface area contributed by atoms with Crippen LogP contribution in [-0.2, 0) is 11.2 Å². The number of aromatic nitrogens is 1. The molecule has 2 aromatic rings. The number of rotatable bonds is 4. The first-order valence-electron chi connectivity index (χ1n) is 5.65. The summed E-state index contributed by atoms with van der Waals surface area (Å²) in [5.74, 6) is -1.75. The number of thiazole rings is 1. The molecule has 1 heterocycles. The van der Waals surface area contributed by atoms with Crippen molar-refractivity contribution in [3.05, 3.63) is 51.5 Å². The summed E-state index contributed by atoms with van der Waals surface area (Å²) in [5, 5.41) is 2.18. The standard InChI is InChI=1S/C13H11F2NO2S/c1-2-18-13(17)11-7-19-12(16-11)5-8-3-9(14)6-10(15)4-8/h3-4,6-7H,2,5H2,1H3. The molecule has 0 bridgehead atoms. The average Bonchev–Trinajstić information content (AvgIpc) is 2.76. The van der Waals surface area contributed by atoms with Crippen molar-refractivity contribution in [2.45, 2.75) is 13.3 Å². The normalized spacial score (nSPS) is 10.5. The zero-order chi connectivity index (χ0) is 13.8. The lowest BCUT2D eigenvalue weighted by Gasteiger charge is -1.99. The van der Waals surface area contributed by atoms with Gasteiger partial charge in [0.1, 0.15) is 11.6 Å². The number of hydrogen-bond donors (Lipinski definition) is 0. The lowest BCUT2D eigenvalue weighted by Crippen LogP contribution is -2.05. The van der Waals surface area contributed by atoms with E-state index in [1.807, 2.05) is 0 Å². The van der Waals surface area contributed by atoms with E-state index >= 15 is 0 Å². The van der Waals surface area contributed by atoms with Gasteiger partial charge in [-0.05, 0) is 24.6 Å². The molecule has 19 heavy (non-hydrogen) atoms. The fraction of sp³-hybridized carbons (Fsp3) is 0.231. The molecule has 0 aliphatic rings. The Labute approximate surface area is 112 Å². The molecule has 0 saturated heterocycles. The quantitative estimate of drug-likeness (QED) is 0.809. The minimum atomic E-state index is -0.628. The van der Waals surface area contributed by atoms with Crippen molar-refractivity contribution in [1.29, 1.82) is 0 Å². The summed E-state index contributed by atoms with van der Waals surface area (Å²) in [7, 11) is 0. The molecule has 0 unspecified atom stereocenters.